The predicted octanol–water partition coefficient (Wildman–Crippen LogP) is 3.15. The summed E-state index contributed by atoms with van der Waals surface area (Å²) in [6.07, 6.45) is 4.91. The summed E-state index contributed by atoms with van der Waals surface area (Å²) in [5.41, 5.74) is 2.77. The van der Waals surface area contributed by atoms with E-state index in [9.17, 15) is 0 Å². The van der Waals surface area contributed by atoms with E-state index in [2.05, 4.69) is 27.1 Å². The molecule has 0 bridgehead atoms. The standard InChI is InChI=1S/C15H14N4O/c1-2-6-12-13(11-7-4-3-5-8-11)17-14(19-18-12)15-16-9-10-20-15/h3-5,7-10H,2,6H2,1H3. The van der Waals surface area contributed by atoms with Crippen LogP contribution in [0, 0.1) is 0 Å². The van der Waals surface area contributed by atoms with Crippen molar-refractivity contribution >= 4 is 0 Å². The molecular weight excluding hydrogens is 252 g/mol. The van der Waals surface area contributed by atoms with E-state index in [1.807, 2.05) is 30.3 Å². The van der Waals surface area contributed by atoms with Crippen LogP contribution in [-0.4, -0.2) is 20.2 Å². The zero-order chi connectivity index (χ0) is 13.8. The van der Waals surface area contributed by atoms with Gasteiger partial charge in [-0.1, -0.05) is 43.7 Å². The maximum Gasteiger partial charge on any atom is 0.266 e. The van der Waals surface area contributed by atoms with Crippen LogP contribution in [0.25, 0.3) is 23.0 Å². The normalized spacial score (nSPS) is 10.7. The van der Waals surface area contributed by atoms with E-state index in [4.69, 9.17) is 4.42 Å². The molecule has 0 fully saturated rings. The second-order valence-corrected chi connectivity index (χ2v) is 4.38. The van der Waals surface area contributed by atoms with Gasteiger partial charge < -0.3 is 4.42 Å². The molecule has 0 N–H and O–H groups in total. The van der Waals surface area contributed by atoms with Crippen molar-refractivity contribution in [1.29, 1.82) is 0 Å². The summed E-state index contributed by atoms with van der Waals surface area (Å²) in [5, 5.41) is 8.40. The van der Waals surface area contributed by atoms with E-state index in [0.717, 1.165) is 29.8 Å². The number of nitrogens with zero attached hydrogens (tertiary/aromatic N) is 4. The van der Waals surface area contributed by atoms with Crippen LogP contribution in [0.2, 0.25) is 0 Å². The summed E-state index contributed by atoms with van der Waals surface area (Å²) in [5.74, 6) is 0.798. The Bertz CT molecular complexity index is 680. The van der Waals surface area contributed by atoms with E-state index in [1.54, 1.807) is 6.20 Å². The summed E-state index contributed by atoms with van der Waals surface area (Å²) < 4.78 is 5.23. The highest BCUT2D eigenvalue weighted by atomic mass is 16.3. The van der Waals surface area contributed by atoms with Crippen molar-refractivity contribution < 1.29 is 4.42 Å². The molecule has 0 aliphatic rings. The number of hydrogen-bond donors (Lipinski definition) is 0. The lowest BCUT2D eigenvalue weighted by Crippen LogP contribution is -2.03. The fraction of sp³-hybridized carbons (Fsp3) is 0.200. The first-order valence-electron chi connectivity index (χ1n) is 6.57. The Labute approximate surface area is 116 Å². The van der Waals surface area contributed by atoms with E-state index in [1.165, 1.54) is 6.26 Å². The summed E-state index contributed by atoms with van der Waals surface area (Å²) in [7, 11) is 0. The quantitative estimate of drug-likeness (QED) is 0.725. The smallest absolute Gasteiger partial charge is 0.266 e. The average molecular weight is 266 g/mol. The van der Waals surface area contributed by atoms with Gasteiger partial charge in [-0.2, -0.15) is 5.10 Å². The van der Waals surface area contributed by atoms with Gasteiger partial charge in [-0.3, -0.25) is 0 Å². The van der Waals surface area contributed by atoms with Crippen LogP contribution >= 0.6 is 0 Å². The third kappa shape index (κ3) is 2.42. The minimum absolute atomic E-state index is 0.387. The molecule has 0 aliphatic carbocycles. The van der Waals surface area contributed by atoms with Crippen molar-refractivity contribution in [1.82, 2.24) is 20.2 Å². The van der Waals surface area contributed by atoms with Gasteiger partial charge in [0, 0.05) is 5.56 Å². The highest BCUT2D eigenvalue weighted by Gasteiger charge is 2.14. The highest BCUT2D eigenvalue weighted by molar-refractivity contribution is 5.63. The minimum Gasteiger partial charge on any atom is -0.442 e. The van der Waals surface area contributed by atoms with E-state index in [0.29, 0.717) is 11.7 Å². The Hall–Kier alpha value is -2.56. The van der Waals surface area contributed by atoms with Gasteiger partial charge in [-0.25, -0.2) is 9.97 Å². The lowest BCUT2D eigenvalue weighted by Gasteiger charge is -2.07. The Kier molecular flexibility index (Phi) is 3.50. The second-order valence-electron chi connectivity index (χ2n) is 4.38. The molecule has 0 amide bonds. The Balaban J connectivity index is 2.11. The summed E-state index contributed by atoms with van der Waals surface area (Å²) in [6, 6.07) is 9.98. The third-order valence-corrected chi connectivity index (χ3v) is 2.91. The van der Waals surface area contributed by atoms with E-state index >= 15 is 0 Å². The number of aryl methyl sites for hydroxylation is 1. The molecule has 3 rings (SSSR count). The Morgan fingerprint density at radius 3 is 2.65 bits per heavy atom. The van der Waals surface area contributed by atoms with Crippen molar-refractivity contribution in [2.75, 3.05) is 0 Å². The number of oxazole rings is 1. The summed E-state index contributed by atoms with van der Waals surface area (Å²) >= 11 is 0. The van der Waals surface area contributed by atoms with Crippen LogP contribution < -0.4 is 0 Å². The van der Waals surface area contributed by atoms with Crippen LogP contribution in [0.4, 0.5) is 0 Å². The molecule has 0 radical (unpaired) electrons. The molecule has 2 aromatic heterocycles. The molecule has 0 saturated carbocycles. The topological polar surface area (TPSA) is 64.7 Å². The first-order chi connectivity index (χ1) is 9.88. The zero-order valence-electron chi connectivity index (χ0n) is 11.2. The number of rotatable bonds is 4. The maximum absolute atomic E-state index is 5.23. The zero-order valence-corrected chi connectivity index (χ0v) is 11.2. The lowest BCUT2D eigenvalue weighted by atomic mass is 10.1. The Morgan fingerprint density at radius 2 is 1.95 bits per heavy atom. The first-order valence-corrected chi connectivity index (χ1v) is 6.57. The molecule has 2 heterocycles. The summed E-state index contributed by atoms with van der Waals surface area (Å²) in [4.78, 5) is 8.64. The maximum atomic E-state index is 5.23. The average Bonchev–Trinajstić information content (AvgIpc) is 3.03. The second kappa shape index (κ2) is 5.61. The van der Waals surface area contributed by atoms with Crippen molar-refractivity contribution in [3.05, 3.63) is 48.5 Å². The number of benzene rings is 1. The number of aromatic nitrogens is 4. The van der Waals surface area contributed by atoms with Crippen LogP contribution in [0.1, 0.15) is 19.0 Å². The molecule has 0 saturated heterocycles. The lowest BCUT2D eigenvalue weighted by molar-refractivity contribution is 0.566. The van der Waals surface area contributed by atoms with E-state index < -0.39 is 0 Å². The van der Waals surface area contributed by atoms with Crippen molar-refractivity contribution in [2.24, 2.45) is 0 Å². The molecule has 20 heavy (non-hydrogen) atoms. The van der Waals surface area contributed by atoms with Gasteiger partial charge in [0.15, 0.2) is 0 Å². The SMILES string of the molecule is CCCc1nnc(-c2ncco2)nc1-c1ccccc1. The van der Waals surface area contributed by atoms with Gasteiger partial charge in [-0.15, -0.1) is 5.10 Å². The molecule has 3 aromatic rings. The van der Waals surface area contributed by atoms with E-state index in [-0.39, 0.29) is 0 Å². The molecule has 0 unspecified atom stereocenters. The molecule has 5 nitrogen and oxygen atoms in total. The van der Waals surface area contributed by atoms with Crippen molar-refractivity contribution in [2.45, 2.75) is 19.8 Å². The van der Waals surface area contributed by atoms with Crippen LogP contribution in [0.3, 0.4) is 0 Å². The molecule has 5 heteroatoms. The van der Waals surface area contributed by atoms with Crippen LogP contribution in [0.5, 0.6) is 0 Å². The fourth-order valence-electron chi connectivity index (χ4n) is 2.00. The van der Waals surface area contributed by atoms with Crippen molar-refractivity contribution in [3.63, 3.8) is 0 Å². The highest BCUT2D eigenvalue weighted by Crippen LogP contribution is 2.23. The summed E-state index contributed by atoms with van der Waals surface area (Å²) in [6.45, 7) is 2.11. The van der Waals surface area contributed by atoms with Gasteiger partial charge in [0.25, 0.3) is 5.89 Å². The fourth-order valence-corrected chi connectivity index (χ4v) is 2.00. The monoisotopic (exact) mass is 266 g/mol. The molecule has 1 aromatic carbocycles. The van der Waals surface area contributed by atoms with Crippen LogP contribution in [-0.2, 0) is 6.42 Å². The molecule has 0 atom stereocenters. The van der Waals surface area contributed by atoms with Gasteiger partial charge in [0.2, 0.25) is 5.82 Å². The van der Waals surface area contributed by atoms with Gasteiger partial charge in [0.05, 0.1) is 17.6 Å². The minimum atomic E-state index is 0.387. The van der Waals surface area contributed by atoms with Gasteiger partial charge >= 0.3 is 0 Å². The van der Waals surface area contributed by atoms with Crippen LogP contribution in [0.15, 0.2) is 47.2 Å². The number of hydrogen-bond acceptors (Lipinski definition) is 5. The van der Waals surface area contributed by atoms with Gasteiger partial charge in [0.1, 0.15) is 6.26 Å². The molecule has 0 spiro atoms. The molecule has 0 aliphatic heterocycles. The predicted molar refractivity (Wildman–Crippen MR) is 74.8 cm³/mol. The van der Waals surface area contributed by atoms with Gasteiger partial charge in [-0.05, 0) is 6.42 Å². The largest absolute Gasteiger partial charge is 0.442 e. The van der Waals surface area contributed by atoms with Crippen molar-refractivity contribution in [3.8, 4) is 23.0 Å². The molecule has 100 valence electrons. The molecular formula is C15H14N4O. The third-order valence-electron chi connectivity index (χ3n) is 2.91. The first kappa shape index (κ1) is 12.5. The Morgan fingerprint density at radius 1 is 1.10 bits per heavy atom.